The van der Waals surface area contributed by atoms with Gasteiger partial charge in [-0.1, -0.05) is 27.7 Å². The van der Waals surface area contributed by atoms with Crippen LogP contribution in [0.15, 0.2) is 0 Å². The highest BCUT2D eigenvalue weighted by Gasteiger charge is 2.46. The monoisotopic (exact) mass is 354 g/mol. The standard InChI is InChI=1S/C19H34N2O4/c1-12(2)16(18(24)7-5-8-18)20-14(22)11-15(23)21-17(13(3)4)19(25)9-6-10-19/h12-13,16-17,24-25H,5-11H2,1-4H3,(H,20,22)(H,21,23)/t16-,17-/m1/s1. The first-order chi connectivity index (χ1) is 11.6. The van der Waals surface area contributed by atoms with Crippen LogP contribution in [0.3, 0.4) is 0 Å². The molecule has 144 valence electrons. The van der Waals surface area contributed by atoms with E-state index in [4.69, 9.17) is 0 Å². The normalized spacial score (nSPS) is 23.4. The van der Waals surface area contributed by atoms with Gasteiger partial charge < -0.3 is 20.8 Å². The second-order valence-electron chi connectivity index (χ2n) is 8.67. The third-order valence-electron chi connectivity index (χ3n) is 5.88. The Morgan fingerprint density at radius 1 is 0.800 bits per heavy atom. The third kappa shape index (κ3) is 4.53. The highest BCUT2D eigenvalue weighted by Crippen LogP contribution is 2.38. The smallest absolute Gasteiger partial charge is 0.229 e. The van der Waals surface area contributed by atoms with Crippen LogP contribution in [-0.4, -0.2) is 45.3 Å². The average Bonchev–Trinajstić information content (AvgIpc) is 2.45. The molecule has 2 fully saturated rings. The van der Waals surface area contributed by atoms with E-state index in [-0.39, 0.29) is 42.2 Å². The summed E-state index contributed by atoms with van der Waals surface area (Å²) in [5.74, 6) is -0.563. The number of rotatable bonds is 8. The van der Waals surface area contributed by atoms with Gasteiger partial charge in [0.25, 0.3) is 0 Å². The predicted molar refractivity (Wildman–Crippen MR) is 95.8 cm³/mol. The van der Waals surface area contributed by atoms with E-state index in [0.717, 1.165) is 12.8 Å². The first-order valence-electron chi connectivity index (χ1n) is 9.61. The molecule has 4 N–H and O–H groups in total. The Hall–Kier alpha value is -1.14. The minimum absolute atomic E-state index is 0.0939. The molecule has 0 heterocycles. The fourth-order valence-corrected chi connectivity index (χ4v) is 4.14. The molecule has 2 aliphatic carbocycles. The summed E-state index contributed by atoms with van der Waals surface area (Å²) >= 11 is 0. The summed E-state index contributed by atoms with van der Waals surface area (Å²) in [5, 5.41) is 26.8. The molecule has 0 aliphatic heterocycles. The molecule has 2 rings (SSSR count). The summed E-state index contributed by atoms with van der Waals surface area (Å²) in [6, 6.07) is -0.670. The van der Waals surface area contributed by atoms with E-state index in [1.807, 2.05) is 27.7 Å². The van der Waals surface area contributed by atoms with Gasteiger partial charge in [0.05, 0.1) is 23.3 Å². The van der Waals surface area contributed by atoms with Crippen molar-refractivity contribution in [3.8, 4) is 0 Å². The van der Waals surface area contributed by atoms with Crippen LogP contribution in [-0.2, 0) is 9.59 Å². The van der Waals surface area contributed by atoms with Gasteiger partial charge >= 0.3 is 0 Å². The van der Waals surface area contributed by atoms with E-state index in [2.05, 4.69) is 10.6 Å². The van der Waals surface area contributed by atoms with Gasteiger partial charge in [0.1, 0.15) is 6.42 Å². The Kier molecular flexibility index (Phi) is 6.15. The number of carbonyl (C=O) groups is 2. The van der Waals surface area contributed by atoms with Gasteiger partial charge in [-0.2, -0.15) is 0 Å². The van der Waals surface area contributed by atoms with Crippen LogP contribution >= 0.6 is 0 Å². The predicted octanol–water partition coefficient (Wildman–Crippen LogP) is 1.49. The lowest BCUT2D eigenvalue weighted by molar-refractivity contribution is -0.137. The molecule has 0 unspecified atom stereocenters. The topological polar surface area (TPSA) is 98.7 Å². The zero-order valence-electron chi connectivity index (χ0n) is 16.0. The molecule has 25 heavy (non-hydrogen) atoms. The minimum atomic E-state index is -0.845. The van der Waals surface area contributed by atoms with Crippen molar-refractivity contribution in [2.75, 3.05) is 0 Å². The van der Waals surface area contributed by atoms with E-state index in [1.165, 1.54) is 0 Å². The number of aliphatic hydroxyl groups is 2. The molecule has 2 saturated carbocycles. The molecule has 0 radical (unpaired) electrons. The molecule has 6 heteroatoms. The number of nitrogens with one attached hydrogen (secondary N) is 2. The number of hydrogen-bond acceptors (Lipinski definition) is 4. The van der Waals surface area contributed by atoms with Gasteiger partial charge in [0.15, 0.2) is 0 Å². The van der Waals surface area contributed by atoms with Crippen LogP contribution in [0.1, 0.15) is 72.6 Å². The van der Waals surface area contributed by atoms with Crippen LogP contribution in [0, 0.1) is 11.8 Å². The van der Waals surface area contributed by atoms with E-state index in [0.29, 0.717) is 25.7 Å². The Balaban J connectivity index is 1.89. The average molecular weight is 354 g/mol. The van der Waals surface area contributed by atoms with Crippen molar-refractivity contribution in [1.82, 2.24) is 10.6 Å². The zero-order valence-corrected chi connectivity index (χ0v) is 16.0. The fraction of sp³-hybridized carbons (Fsp3) is 0.895. The highest BCUT2D eigenvalue weighted by molar-refractivity contribution is 5.97. The van der Waals surface area contributed by atoms with Crippen LogP contribution in [0.5, 0.6) is 0 Å². The van der Waals surface area contributed by atoms with E-state index < -0.39 is 11.2 Å². The summed E-state index contributed by atoms with van der Waals surface area (Å²) < 4.78 is 0. The van der Waals surface area contributed by atoms with Crippen LogP contribution in [0.2, 0.25) is 0 Å². The molecule has 0 spiro atoms. The molecular formula is C19H34N2O4. The van der Waals surface area contributed by atoms with Crippen LogP contribution < -0.4 is 10.6 Å². The Bertz CT molecular complexity index is 452. The highest BCUT2D eigenvalue weighted by atomic mass is 16.3. The summed E-state index contributed by atoms with van der Waals surface area (Å²) in [4.78, 5) is 24.6. The Morgan fingerprint density at radius 3 is 1.32 bits per heavy atom. The molecule has 2 amide bonds. The Labute approximate surface area is 150 Å². The van der Waals surface area contributed by atoms with E-state index >= 15 is 0 Å². The van der Waals surface area contributed by atoms with Gasteiger partial charge in [0, 0.05) is 0 Å². The summed E-state index contributed by atoms with van der Waals surface area (Å²) in [7, 11) is 0. The van der Waals surface area contributed by atoms with Crippen LogP contribution in [0.25, 0.3) is 0 Å². The second-order valence-corrected chi connectivity index (χ2v) is 8.67. The SMILES string of the molecule is CC(C)[C@@H](NC(=O)CC(=O)N[C@H](C(C)C)C1(O)CCC1)C1(O)CCC1. The lowest BCUT2D eigenvalue weighted by Crippen LogP contribution is -2.60. The Morgan fingerprint density at radius 2 is 1.12 bits per heavy atom. The largest absolute Gasteiger partial charge is 0.388 e. The number of hydrogen-bond donors (Lipinski definition) is 4. The molecular weight excluding hydrogens is 320 g/mol. The zero-order chi connectivity index (χ0) is 18.8. The number of amides is 2. The minimum Gasteiger partial charge on any atom is -0.388 e. The van der Waals surface area contributed by atoms with Crippen molar-refractivity contribution in [2.45, 2.75) is 95.9 Å². The molecule has 2 atom stereocenters. The van der Waals surface area contributed by atoms with Crippen molar-refractivity contribution in [3.63, 3.8) is 0 Å². The summed E-state index contributed by atoms with van der Waals surface area (Å²) in [6.07, 6.45) is 4.39. The third-order valence-corrected chi connectivity index (χ3v) is 5.88. The van der Waals surface area contributed by atoms with E-state index in [9.17, 15) is 19.8 Å². The van der Waals surface area contributed by atoms with Gasteiger partial charge in [-0.25, -0.2) is 0 Å². The molecule has 0 aromatic carbocycles. The van der Waals surface area contributed by atoms with Gasteiger partial charge in [-0.05, 0) is 50.4 Å². The maximum Gasteiger partial charge on any atom is 0.229 e. The van der Waals surface area contributed by atoms with Crippen molar-refractivity contribution < 1.29 is 19.8 Å². The summed E-state index contributed by atoms with van der Waals surface area (Å²) in [5.41, 5.74) is -1.69. The van der Waals surface area contributed by atoms with Crippen molar-refractivity contribution in [2.24, 2.45) is 11.8 Å². The molecule has 0 bridgehead atoms. The van der Waals surface area contributed by atoms with Gasteiger partial charge in [-0.3, -0.25) is 9.59 Å². The molecule has 2 aliphatic rings. The lowest BCUT2D eigenvalue weighted by atomic mass is 9.71. The molecule has 0 aromatic heterocycles. The van der Waals surface area contributed by atoms with Crippen molar-refractivity contribution in [1.29, 1.82) is 0 Å². The maximum atomic E-state index is 12.3. The maximum absolute atomic E-state index is 12.3. The quantitative estimate of drug-likeness (QED) is 0.496. The first-order valence-corrected chi connectivity index (χ1v) is 9.61. The molecule has 0 aromatic rings. The number of carbonyl (C=O) groups excluding carboxylic acids is 2. The second kappa shape index (κ2) is 7.62. The molecule has 6 nitrogen and oxygen atoms in total. The lowest BCUT2D eigenvalue weighted by Gasteiger charge is -2.46. The van der Waals surface area contributed by atoms with Crippen molar-refractivity contribution in [3.05, 3.63) is 0 Å². The van der Waals surface area contributed by atoms with E-state index in [1.54, 1.807) is 0 Å². The molecule has 0 saturated heterocycles. The fourth-order valence-electron chi connectivity index (χ4n) is 4.14. The van der Waals surface area contributed by atoms with Crippen molar-refractivity contribution >= 4 is 11.8 Å². The van der Waals surface area contributed by atoms with Crippen LogP contribution in [0.4, 0.5) is 0 Å². The van der Waals surface area contributed by atoms with Gasteiger partial charge in [-0.15, -0.1) is 0 Å². The summed E-state index contributed by atoms with van der Waals surface area (Å²) in [6.45, 7) is 7.84. The van der Waals surface area contributed by atoms with Gasteiger partial charge in [0.2, 0.25) is 11.8 Å². The first kappa shape index (κ1) is 20.2.